The second kappa shape index (κ2) is 6.21. The van der Waals surface area contributed by atoms with E-state index >= 15 is 0 Å². The predicted molar refractivity (Wildman–Crippen MR) is 81.6 cm³/mol. The van der Waals surface area contributed by atoms with Gasteiger partial charge in [0, 0.05) is 18.3 Å². The first-order valence-corrected chi connectivity index (χ1v) is 6.53. The lowest BCUT2D eigenvalue weighted by molar-refractivity contribution is 0.100. The lowest BCUT2D eigenvalue weighted by atomic mass is 10.1. The molecule has 0 bridgehead atoms. The third-order valence-corrected chi connectivity index (χ3v) is 3.18. The first-order valence-electron chi connectivity index (χ1n) is 6.53. The summed E-state index contributed by atoms with van der Waals surface area (Å²) in [6.07, 6.45) is 0. The minimum absolute atomic E-state index is 0.141. The van der Waals surface area contributed by atoms with E-state index in [0.29, 0.717) is 12.1 Å². The van der Waals surface area contributed by atoms with Crippen LogP contribution in [0.25, 0.3) is 0 Å². The highest BCUT2D eigenvalue weighted by Gasteiger charge is 2.10. The fourth-order valence-corrected chi connectivity index (χ4v) is 2.06. The van der Waals surface area contributed by atoms with Gasteiger partial charge in [0.1, 0.15) is 0 Å². The lowest BCUT2D eigenvalue weighted by Gasteiger charge is -2.16. The van der Waals surface area contributed by atoms with Crippen molar-refractivity contribution < 1.29 is 4.79 Å². The van der Waals surface area contributed by atoms with Crippen molar-refractivity contribution in [3.63, 3.8) is 0 Å². The highest BCUT2D eigenvalue weighted by Crippen LogP contribution is 2.18. The van der Waals surface area contributed by atoms with Crippen molar-refractivity contribution >= 4 is 11.6 Å². The monoisotopic (exact) mass is 269 g/mol. The van der Waals surface area contributed by atoms with Crippen molar-refractivity contribution in [2.75, 3.05) is 11.9 Å². The molecule has 0 aliphatic rings. The standard InChI is InChI=1S/C16H19N3O/c1-11-7-8-13(16(18)20)15(9-11)19-10-14(17)12-5-3-2-4-6-12/h2-9,14,19H,10,17H2,1H3,(H2,18,20). The lowest BCUT2D eigenvalue weighted by Crippen LogP contribution is -2.22. The third kappa shape index (κ3) is 3.36. The summed E-state index contributed by atoms with van der Waals surface area (Å²) >= 11 is 0. The molecule has 0 heterocycles. The summed E-state index contributed by atoms with van der Waals surface area (Å²) in [5.41, 5.74) is 14.8. The van der Waals surface area contributed by atoms with Crippen molar-refractivity contribution in [2.45, 2.75) is 13.0 Å². The van der Waals surface area contributed by atoms with Crippen LogP contribution in [-0.2, 0) is 0 Å². The van der Waals surface area contributed by atoms with Crippen LogP contribution in [0.3, 0.4) is 0 Å². The summed E-state index contributed by atoms with van der Waals surface area (Å²) < 4.78 is 0. The van der Waals surface area contributed by atoms with Gasteiger partial charge < -0.3 is 16.8 Å². The molecule has 0 radical (unpaired) electrons. The molecule has 0 aliphatic carbocycles. The van der Waals surface area contributed by atoms with Gasteiger partial charge >= 0.3 is 0 Å². The summed E-state index contributed by atoms with van der Waals surface area (Å²) in [6.45, 7) is 2.50. The summed E-state index contributed by atoms with van der Waals surface area (Å²) in [6, 6.07) is 15.2. The highest BCUT2D eigenvalue weighted by molar-refractivity contribution is 5.98. The zero-order valence-corrected chi connectivity index (χ0v) is 11.5. The second-order valence-electron chi connectivity index (χ2n) is 4.81. The molecule has 20 heavy (non-hydrogen) atoms. The molecule has 2 aromatic rings. The van der Waals surface area contributed by atoms with E-state index in [1.165, 1.54) is 0 Å². The number of benzene rings is 2. The van der Waals surface area contributed by atoms with Crippen LogP contribution in [0, 0.1) is 6.92 Å². The summed E-state index contributed by atoms with van der Waals surface area (Å²) in [4.78, 5) is 11.4. The van der Waals surface area contributed by atoms with Crippen LogP contribution in [0.15, 0.2) is 48.5 Å². The van der Waals surface area contributed by atoms with Gasteiger partial charge in [-0.15, -0.1) is 0 Å². The van der Waals surface area contributed by atoms with Crippen LogP contribution in [0.4, 0.5) is 5.69 Å². The van der Waals surface area contributed by atoms with E-state index < -0.39 is 5.91 Å². The molecule has 0 saturated heterocycles. The van der Waals surface area contributed by atoms with E-state index in [0.717, 1.165) is 16.8 Å². The van der Waals surface area contributed by atoms with Gasteiger partial charge in [-0.2, -0.15) is 0 Å². The zero-order chi connectivity index (χ0) is 14.5. The van der Waals surface area contributed by atoms with Crippen LogP contribution in [0.1, 0.15) is 27.5 Å². The molecule has 4 nitrogen and oxygen atoms in total. The van der Waals surface area contributed by atoms with Crippen molar-refractivity contribution in [3.8, 4) is 0 Å². The molecule has 0 aromatic heterocycles. The maximum Gasteiger partial charge on any atom is 0.250 e. The molecule has 2 aromatic carbocycles. The Morgan fingerprint density at radius 3 is 2.55 bits per heavy atom. The minimum atomic E-state index is -0.444. The average molecular weight is 269 g/mol. The summed E-state index contributed by atoms with van der Waals surface area (Å²) in [5.74, 6) is -0.444. The van der Waals surface area contributed by atoms with E-state index in [2.05, 4.69) is 5.32 Å². The second-order valence-corrected chi connectivity index (χ2v) is 4.81. The van der Waals surface area contributed by atoms with Gasteiger partial charge in [-0.05, 0) is 30.2 Å². The Morgan fingerprint density at radius 2 is 1.90 bits per heavy atom. The number of hydrogen-bond acceptors (Lipinski definition) is 3. The Balaban J connectivity index is 2.11. The Bertz CT molecular complexity index is 596. The van der Waals surface area contributed by atoms with Crippen molar-refractivity contribution in [3.05, 3.63) is 65.2 Å². The minimum Gasteiger partial charge on any atom is -0.382 e. The van der Waals surface area contributed by atoms with Gasteiger partial charge in [-0.25, -0.2) is 0 Å². The van der Waals surface area contributed by atoms with Crippen LogP contribution < -0.4 is 16.8 Å². The zero-order valence-electron chi connectivity index (χ0n) is 11.5. The maximum absolute atomic E-state index is 11.4. The average Bonchev–Trinajstić information content (AvgIpc) is 2.45. The van der Waals surface area contributed by atoms with Crippen LogP contribution in [0.5, 0.6) is 0 Å². The van der Waals surface area contributed by atoms with Crippen LogP contribution in [-0.4, -0.2) is 12.5 Å². The van der Waals surface area contributed by atoms with E-state index in [4.69, 9.17) is 11.5 Å². The molecule has 1 atom stereocenters. The van der Waals surface area contributed by atoms with Gasteiger partial charge in [0.25, 0.3) is 5.91 Å². The first-order chi connectivity index (χ1) is 9.58. The maximum atomic E-state index is 11.4. The summed E-state index contributed by atoms with van der Waals surface area (Å²) in [7, 11) is 0. The van der Waals surface area contributed by atoms with Crippen LogP contribution >= 0.6 is 0 Å². The quantitative estimate of drug-likeness (QED) is 0.778. The Hall–Kier alpha value is -2.33. The topological polar surface area (TPSA) is 81.1 Å². The number of hydrogen-bond donors (Lipinski definition) is 3. The molecule has 0 fully saturated rings. The molecule has 5 N–H and O–H groups in total. The first kappa shape index (κ1) is 14.1. The molecule has 1 amide bonds. The number of nitrogens with one attached hydrogen (secondary N) is 1. The van der Waals surface area contributed by atoms with Crippen molar-refractivity contribution in [1.29, 1.82) is 0 Å². The van der Waals surface area contributed by atoms with E-state index in [1.807, 2.05) is 49.4 Å². The number of anilines is 1. The fourth-order valence-electron chi connectivity index (χ4n) is 2.06. The molecular weight excluding hydrogens is 250 g/mol. The number of aryl methyl sites for hydroxylation is 1. The molecule has 1 unspecified atom stereocenters. The molecule has 0 saturated carbocycles. The molecule has 0 spiro atoms. The third-order valence-electron chi connectivity index (χ3n) is 3.18. The number of primary amides is 1. The number of nitrogens with two attached hydrogens (primary N) is 2. The Labute approximate surface area is 118 Å². The van der Waals surface area contributed by atoms with E-state index in [9.17, 15) is 4.79 Å². The molecule has 2 rings (SSSR count). The normalized spacial score (nSPS) is 11.9. The molecular formula is C16H19N3O. The van der Waals surface area contributed by atoms with Gasteiger partial charge in [-0.1, -0.05) is 36.4 Å². The molecule has 4 heteroatoms. The van der Waals surface area contributed by atoms with Gasteiger partial charge in [0.15, 0.2) is 0 Å². The van der Waals surface area contributed by atoms with E-state index in [-0.39, 0.29) is 6.04 Å². The number of rotatable bonds is 5. The Morgan fingerprint density at radius 1 is 1.20 bits per heavy atom. The van der Waals surface area contributed by atoms with Gasteiger partial charge in [0.2, 0.25) is 0 Å². The largest absolute Gasteiger partial charge is 0.382 e. The molecule has 104 valence electrons. The SMILES string of the molecule is Cc1ccc(C(N)=O)c(NCC(N)c2ccccc2)c1. The van der Waals surface area contributed by atoms with Gasteiger partial charge in [-0.3, -0.25) is 4.79 Å². The van der Waals surface area contributed by atoms with Crippen molar-refractivity contribution in [1.82, 2.24) is 0 Å². The number of carbonyl (C=O) groups is 1. The van der Waals surface area contributed by atoms with E-state index in [1.54, 1.807) is 6.07 Å². The number of amides is 1. The van der Waals surface area contributed by atoms with Crippen LogP contribution in [0.2, 0.25) is 0 Å². The van der Waals surface area contributed by atoms with Gasteiger partial charge in [0.05, 0.1) is 5.56 Å². The fraction of sp³-hybridized carbons (Fsp3) is 0.188. The summed E-state index contributed by atoms with van der Waals surface area (Å²) in [5, 5.41) is 3.21. The Kier molecular flexibility index (Phi) is 4.38. The molecule has 0 aliphatic heterocycles. The van der Waals surface area contributed by atoms with Crippen molar-refractivity contribution in [2.24, 2.45) is 11.5 Å². The smallest absolute Gasteiger partial charge is 0.250 e. The predicted octanol–water partition coefficient (Wildman–Crippen LogP) is 2.21. The number of carbonyl (C=O) groups excluding carboxylic acids is 1. The highest BCUT2D eigenvalue weighted by atomic mass is 16.1.